The van der Waals surface area contributed by atoms with Crippen molar-refractivity contribution in [3.05, 3.63) is 46.8 Å². The van der Waals surface area contributed by atoms with E-state index in [1.807, 2.05) is 30.3 Å². The molecule has 0 saturated carbocycles. The van der Waals surface area contributed by atoms with Gasteiger partial charge in [0.05, 0.1) is 5.70 Å². The van der Waals surface area contributed by atoms with Crippen molar-refractivity contribution in [1.29, 1.82) is 0 Å². The van der Waals surface area contributed by atoms with E-state index in [4.69, 9.17) is 0 Å². The van der Waals surface area contributed by atoms with E-state index >= 15 is 0 Å². The van der Waals surface area contributed by atoms with E-state index in [0.29, 0.717) is 0 Å². The molecule has 96 valence electrons. The molecule has 0 spiro atoms. The average molecular weight is 264 g/mol. The van der Waals surface area contributed by atoms with Crippen LogP contribution in [0.4, 0.5) is 4.39 Å². The topological polar surface area (TPSA) is 15.3 Å². The molecule has 1 aromatic carbocycles. The summed E-state index contributed by atoms with van der Waals surface area (Å²) in [5, 5.41) is 3.30. The first-order valence-electron chi connectivity index (χ1n) is 6.42. The van der Waals surface area contributed by atoms with Gasteiger partial charge in [-0.15, -0.1) is 0 Å². The molecule has 1 N–H and O–H groups in total. The maximum atomic E-state index is 13.9. The van der Waals surface area contributed by atoms with Gasteiger partial charge in [-0.05, 0) is 31.5 Å². The summed E-state index contributed by atoms with van der Waals surface area (Å²) in [5.41, 5.74) is 1.89. The number of hydrogen-bond donors (Lipinski definition) is 1. The highest BCUT2D eigenvalue weighted by Crippen LogP contribution is 2.41. The number of benzene rings is 1. The Morgan fingerprint density at radius 2 is 1.94 bits per heavy atom. The van der Waals surface area contributed by atoms with Crippen molar-refractivity contribution < 1.29 is 4.39 Å². The smallest absolute Gasteiger partial charge is 0.179 e. The molecule has 3 rings (SSSR count). The minimum atomic E-state index is -0.0456. The van der Waals surface area contributed by atoms with Gasteiger partial charge in [-0.25, -0.2) is 0 Å². The first-order chi connectivity index (χ1) is 8.83. The van der Waals surface area contributed by atoms with Crippen molar-refractivity contribution in [2.75, 3.05) is 19.6 Å². The number of hydrogen-bond acceptors (Lipinski definition) is 3. The van der Waals surface area contributed by atoms with Crippen LogP contribution in [0, 0.1) is 0 Å². The van der Waals surface area contributed by atoms with Crippen LogP contribution in [0.15, 0.2) is 41.2 Å². The molecule has 2 aliphatic heterocycles. The van der Waals surface area contributed by atoms with Gasteiger partial charge in [-0.1, -0.05) is 42.1 Å². The summed E-state index contributed by atoms with van der Waals surface area (Å²) in [6.07, 6.45) is 2.48. The molecule has 18 heavy (non-hydrogen) atoms. The van der Waals surface area contributed by atoms with Crippen LogP contribution in [0.1, 0.15) is 23.8 Å². The molecule has 2 nitrogen and oxygen atoms in total. The molecule has 0 aliphatic carbocycles. The minimum absolute atomic E-state index is 0.0313. The van der Waals surface area contributed by atoms with Gasteiger partial charge < -0.3 is 5.32 Å². The summed E-state index contributed by atoms with van der Waals surface area (Å²) in [6, 6.07) is 10.0. The first-order valence-corrected chi connectivity index (χ1v) is 7.30. The van der Waals surface area contributed by atoms with Crippen LogP contribution in [0.5, 0.6) is 0 Å². The SMILES string of the molecule is FC1=C(CN2CCCC2)NC(c2ccccc2)S1. The number of nitrogens with zero attached hydrogens (tertiary/aromatic N) is 1. The molecule has 1 unspecified atom stereocenters. The second-order valence-electron chi connectivity index (χ2n) is 4.79. The molecular formula is C14H17FN2S. The summed E-state index contributed by atoms with van der Waals surface area (Å²) < 4.78 is 13.9. The summed E-state index contributed by atoms with van der Waals surface area (Å²) in [6.45, 7) is 2.92. The van der Waals surface area contributed by atoms with Crippen LogP contribution in [-0.4, -0.2) is 24.5 Å². The third-order valence-corrected chi connectivity index (χ3v) is 4.53. The van der Waals surface area contributed by atoms with Crippen LogP contribution in [0.25, 0.3) is 0 Å². The summed E-state index contributed by atoms with van der Waals surface area (Å²) in [7, 11) is 0. The van der Waals surface area contributed by atoms with Gasteiger partial charge in [0.1, 0.15) is 5.37 Å². The van der Waals surface area contributed by atoms with E-state index < -0.39 is 0 Å². The minimum Gasteiger partial charge on any atom is -0.369 e. The fraction of sp³-hybridized carbons (Fsp3) is 0.429. The van der Waals surface area contributed by atoms with Crippen LogP contribution in [0.3, 0.4) is 0 Å². The van der Waals surface area contributed by atoms with E-state index in [1.54, 1.807) is 0 Å². The number of rotatable bonds is 3. The third-order valence-electron chi connectivity index (χ3n) is 3.45. The average Bonchev–Trinajstić information content (AvgIpc) is 3.02. The summed E-state index contributed by atoms with van der Waals surface area (Å²) >= 11 is 1.29. The highest BCUT2D eigenvalue weighted by Gasteiger charge is 2.27. The molecule has 0 aromatic heterocycles. The zero-order valence-corrected chi connectivity index (χ0v) is 11.0. The van der Waals surface area contributed by atoms with Crippen LogP contribution in [0.2, 0.25) is 0 Å². The highest BCUT2D eigenvalue weighted by atomic mass is 32.2. The molecule has 1 atom stereocenters. The van der Waals surface area contributed by atoms with Crippen molar-refractivity contribution >= 4 is 11.8 Å². The lowest BCUT2D eigenvalue weighted by molar-refractivity contribution is 0.357. The van der Waals surface area contributed by atoms with Crippen molar-refractivity contribution in [3.8, 4) is 0 Å². The maximum absolute atomic E-state index is 13.9. The largest absolute Gasteiger partial charge is 0.369 e. The maximum Gasteiger partial charge on any atom is 0.179 e. The Labute approximate surface area is 111 Å². The van der Waals surface area contributed by atoms with Crippen molar-refractivity contribution in [1.82, 2.24) is 10.2 Å². The van der Waals surface area contributed by atoms with Gasteiger partial charge in [0.25, 0.3) is 0 Å². The lowest BCUT2D eigenvalue weighted by Crippen LogP contribution is -2.27. The Bertz CT molecular complexity index is 440. The quantitative estimate of drug-likeness (QED) is 0.902. The zero-order chi connectivity index (χ0) is 12.4. The molecule has 0 radical (unpaired) electrons. The number of halogens is 1. The van der Waals surface area contributed by atoms with E-state index in [1.165, 1.54) is 24.6 Å². The van der Waals surface area contributed by atoms with Gasteiger partial charge in [0.2, 0.25) is 0 Å². The van der Waals surface area contributed by atoms with Crippen molar-refractivity contribution in [2.45, 2.75) is 18.2 Å². The number of likely N-dealkylation sites (tertiary alicyclic amines) is 1. The Morgan fingerprint density at radius 1 is 1.22 bits per heavy atom. The lowest BCUT2D eigenvalue weighted by Gasteiger charge is -2.17. The number of thioether (sulfide) groups is 1. The molecule has 4 heteroatoms. The van der Waals surface area contributed by atoms with Crippen molar-refractivity contribution in [3.63, 3.8) is 0 Å². The fourth-order valence-electron chi connectivity index (χ4n) is 2.47. The van der Waals surface area contributed by atoms with E-state index in [-0.39, 0.29) is 10.5 Å². The fourth-order valence-corrected chi connectivity index (χ4v) is 3.44. The van der Waals surface area contributed by atoms with Gasteiger partial charge in [-0.3, -0.25) is 4.90 Å². The van der Waals surface area contributed by atoms with Gasteiger partial charge in [-0.2, -0.15) is 4.39 Å². The molecular weight excluding hydrogens is 247 g/mol. The summed E-state index contributed by atoms with van der Waals surface area (Å²) in [4.78, 5) is 2.32. The molecule has 0 bridgehead atoms. The van der Waals surface area contributed by atoms with Gasteiger partial charge in [0.15, 0.2) is 5.16 Å². The van der Waals surface area contributed by atoms with Crippen LogP contribution >= 0.6 is 11.8 Å². The Hall–Kier alpha value is -1.00. The molecule has 1 fully saturated rings. The predicted octanol–water partition coefficient (Wildman–Crippen LogP) is 3.26. The van der Waals surface area contributed by atoms with Gasteiger partial charge >= 0.3 is 0 Å². The van der Waals surface area contributed by atoms with Crippen LogP contribution in [-0.2, 0) is 0 Å². The lowest BCUT2D eigenvalue weighted by atomic mass is 10.2. The monoisotopic (exact) mass is 264 g/mol. The highest BCUT2D eigenvalue weighted by molar-refractivity contribution is 8.03. The standard InChI is InChI=1S/C14H17FN2S/c15-13-12(10-17-8-4-5-9-17)16-14(18-13)11-6-2-1-3-7-11/h1-3,6-7,14,16H,4-5,8-10H2. The Morgan fingerprint density at radius 3 is 2.67 bits per heavy atom. The first kappa shape index (κ1) is 12.1. The number of nitrogens with one attached hydrogen (secondary N) is 1. The normalized spacial score (nSPS) is 24.6. The van der Waals surface area contributed by atoms with E-state index in [0.717, 1.165) is 30.9 Å². The van der Waals surface area contributed by atoms with Crippen molar-refractivity contribution in [2.24, 2.45) is 0 Å². The molecule has 2 aliphatic rings. The second-order valence-corrected chi connectivity index (χ2v) is 5.85. The Balaban J connectivity index is 1.65. The molecule has 0 amide bonds. The van der Waals surface area contributed by atoms with Gasteiger partial charge in [0, 0.05) is 6.54 Å². The van der Waals surface area contributed by atoms with E-state index in [9.17, 15) is 4.39 Å². The molecule has 1 aromatic rings. The third kappa shape index (κ3) is 2.54. The summed E-state index contributed by atoms with van der Waals surface area (Å²) in [5.74, 6) is 0. The molecule has 2 heterocycles. The zero-order valence-electron chi connectivity index (χ0n) is 10.2. The molecule has 1 saturated heterocycles. The van der Waals surface area contributed by atoms with E-state index in [2.05, 4.69) is 10.2 Å². The predicted molar refractivity (Wildman–Crippen MR) is 73.7 cm³/mol. The second kappa shape index (κ2) is 5.33. The van der Waals surface area contributed by atoms with Crippen LogP contribution < -0.4 is 5.32 Å². The Kier molecular flexibility index (Phi) is 3.57.